The summed E-state index contributed by atoms with van der Waals surface area (Å²) in [6.45, 7) is 0. The summed E-state index contributed by atoms with van der Waals surface area (Å²) in [6, 6.07) is 10.9. The second kappa shape index (κ2) is 18.0. The first kappa shape index (κ1) is 46.8. The van der Waals surface area contributed by atoms with E-state index in [0.29, 0.717) is 25.7 Å². The normalized spacial score (nSPS) is 22.0. The van der Waals surface area contributed by atoms with Crippen LogP contribution < -0.4 is 22.1 Å². The molecule has 18 nitrogen and oxygen atoms in total. The molecule has 4 aromatic rings. The van der Waals surface area contributed by atoms with Crippen LogP contribution in [0.5, 0.6) is 0 Å². The number of amides is 2. The first-order chi connectivity index (χ1) is 28.9. The summed E-state index contributed by atoms with van der Waals surface area (Å²) in [5.41, 5.74) is 0.229. The average molecular weight is 915 g/mol. The number of nitriles is 2. The lowest BCUT2D eigenvalue weighted by Gasteiger charge is -2.30. The molecule has 26 heteroatoms. The number of nitrogens with zero attached hydrogens (tertiary/aromatic N) is 6. The lowest BCUT2D eigenvalue weighted by Crippen LogP contribution is -2.29. The number of aliphatic hydroxyl groups is 2. The van der Waals surface area contributed by atoms with Crippen LogP contribution in [0.2, 0.25) is 0 Å². The number of aromatic nitrogens is 4. The predicted molar refractivity (Wildman–Crippen MR) is 203 cm³/mol. The summed E-state index contributed by atoms with van der Waals surface area (Å²) in [6.07, 6.45) is 3.83. The maximum atomic E-state index is 12.7. The fourth-order valence-electron chi connectivity index (χ4n) is 6.82. The van der Waals surface area contributed by atoms with Crippen molar-refractivity contribution >= 4 is 54.5 Å². The van der Waals surface area contributed by atoms with Gasteiger partial charge in [-0.1, -0.05) is 0 Å². The molecule has 6 rings (SSSR count). The van der Waals surface area contributed by atoms with Crippen molar-refractivity contribution in [2.45, 2.75) is 83.6 Å². The molecule has 2 aliphatic rings. The number of hydrogen-bond acceptors (Lipinski definition) is 14. The van der Waals surface area contributed by atoms with Crippen LogP contribution in [0.3, 0.4) is 0 Å². The van der Waals surface area contributed by atoms with E-state index in [1.807, 2.05) is 0 Å². The van der Waals surface area contributed by atoms with Crippen molar-refractivity contribution in [2.75, 3.05) is 10.6 Å². The Morgan fingerprint density at radius 2 is 0.968 bits per heavy atom. The molecule has 8 N–H and O–H groups in total. The van der Waals surface area contributed by atoms with E-state index in [1.165, 1.54) is 21.8 Å². The fourth-order valence-corrected chi connectivity index (χ4v) is 8.34. The number of hydrogen-bond donors (Lipinski definition) is 6. The molecule has 0 aliphatic heterocycles. The molecule has 2 fully saturated rings. The Bertz CT molecular complexity index is 2420. The van der Waals surface area contributed by atoms with E-state index in [0.717, 1.165) is 48.5 Å². The summed E-state index contributed by atoms with van der Waals surface area (Å²) >= 11 is 0. The van der Waals surface area contributed by atoms with Gasteiger partial charge in [0, 0.05) is 23.8 Å². The Balaban J connectivity index is 0.000000234. The first-order valence-corrected chi connectivity index (χ1v) is 21.1. The topological polar surface area (TPSA) is 302 Å². The Labute approximate surface area is 348 Å². The van der Waals surface area contributed by atoms with E-state index in [4.69, 9.17) is 11.5 Å². The third kappa shape index (κ3) is 10.1. The van der Waals surface area contributed by atoms with Gasteiger partial charge in [0.05, 0.1) is 58.1 Å². The lowest BCUT2D eigenvalue weighted by molar-refractivity contribution is -0.0442. The number of sulfone groups is 2. The third-order valence-corrected chi connectivity index (χ3v) is 13.0. The second-order valence-electron chi connectivity index (χ2n) is 14.2. The number of nitrogens with one attached hydrogen (secondary N) is 2. The molecule has 0 unspecified atom stereocenters. The van der Waals surface area contributed by atoms with Gasteiger partial charge in [-0.25, -0.2) is 16.8 Å². The quantitative estimate of drug-likeness (QED) is 0.120. The molecule has 0 saturated heterocycles. The minimum absolute atomic E-state index is 0.00161. The summed E-state index contributed by atoms with van der Waals surface area (Å²) in [5, 5.41) is 52.3. The van der Waals surface area contributed by atoms with Crippen molar-refractivity contribution in [3.8, 4) is 12.1 Å². The van der Waals surface area contributed by atoms with Crippen LogP contribution in [-0.2, 0) is 19.7 Å². The number of aliphatic hydroxyl groups excluding tert-OH is 2. The SMILES string of the molecule is N#C[C@H]1C[C@@H](O)CC[C@@H]1n1cc(C(N)=O)c(Nc2ccc(S(=O)(=O)C(F)(F)F)cc2)n1.N#C[C@H]1C[C@H](O)CC[C@@H]1n1cc(C(N)=O)c(Nc2ccc(S(=O)(=O)C(F)(F)F)cc2)n1. The van der Waals surface area contributed by atoms with Crippen molar-refractivity contribution in [2.24, 2.45) is 23.3 Å². The summed E-state index contributed by atoms with van der Waals surface area (Å²) in [7, 11) is -11.0. The van der Waals surface area contributed by atoms with E-state index in [-0.39, 0.29) is 47.0 Å². The van der Waals surface area contributed by atoms with Gasteiger partial charge < -0.3 is 32.3 Å². The number of benzene rings is 2. The zero-order valence-electron chi connectivity index (χ0n) is 31.7. The largest absolute Gasteiger partial charge is 0.501 e. The van der Waals surface area contributed by atoms with Gasteiger partial charge in [-0.05, 0) is 87.1 Å². The highest BCUT2D eigenvalue weighted by atomic mass is 32.2. The van der Waals surface area contributed by atoms with Crippen LogP contribution in [0.15, 0.2) is 70.7 Å². The Kier molecular flexibility index (Phi) is 13.6. The van der Waals surface area contributed by atoms with E-state index >= 15 is 0 Å². The number of halogens is 6. The predicted octanol–water partition coefficient (Wildman–Crippen LogP) is 4.49. The van der Waals surface area contributed by atoms with Gasteiger partial charge in [-0.2, -0.15) is 47.1 Å². The van der Waals surface area contributed by atoms with Crippen LogP contribution in [0.25, 0.3) is 0 Å². The molecule has 2 heterocycles. The van der Waals surface area contributed by atoms with Gasteiger partial charge in [0.15, 0.2) is 11.6 Å². The van der Waals surface area contributed by atoms with Crippen LogP contribution >= 0.6 is 0 Å². The summed E-state index contributed by atoms with van der Waals surface area (Å²) < 4.78 is 125. The molecule has 0 bridgehead atoms. The smallest absolute Gasteiger partial charge is 0.393 e. The second-order valence-corrected chi connectivity index (χ2v) is 18.1. The number of rotatable bonds is 10. The minimum atomic E-state index is -5.48. The molecular formula is C36H36F6N10O8S2. The van der Waals surface area contributed by atoms with E-state index in [1.54, 1.807) is 0 Å². The molecule has 6 atom stereocenters. The van der Waals surface area contributed by atoms with E-state index < -0.39 is 88.4 Å². The van der Waals surface area contributed by atoms with Gasteiger partial charge in [0.1, 0.15) is 11.1 Å². The van der Waals surface area contributed by atoms with Crippen molar-refractivity contribution in [1.29, 1.82) is 10.5 Å². The highest BCUT2D eigenvalue weighted by Gasteiger charge is 2.47. The highest BCUT2D eigenvalue weighted by molar-refractivity contribution is 7.92. The Morgan fingerprint density at radius 1 is 0.645 bits per heavy atom. The van der Waals surface area contributed by atoms with Crippen molar-refractivity contribution in [3.05, 3.63) is 72.1 Å². The van der Waals surface area contributed by atoms with Gasteiger partial charge in [0.2, 0.25) is 0 Å². The molecule has 332 valence electrons. The Hall–Kier alpha value is -6.22. The zero-order valence-corrected chi connectivity index (χ0v) is 33.4. The number of carbonyl (C=O) groups excluding carboxylic acids is 2. The average Bonchev–Trinajstić information content (AvgIpc) is 3.82. The van der Waals surface area contributed by atoms with Gasteiger partial charge in [0.25, 0.3) is 31.5 Å². The van der Waals surface area contributed by atoms with Gasteiger partial charge >= 0.3 is 11.0 Å². The monoisotopic (exact) mass is 914 g/mol. The molecule has 2 aliphatic carbocycles. The molecular weight excluding hydrogens is 879 g/mol. The number of primary amides is 2. The van der Waals surface area contributed by atoms with E-state index in [2.05, 4.69) is 33.0 Å². The van der Waals surface area contributed by atoms with Gasteiger partial charge in [-0.15, -0.1) is 0 Å². The molecule has 2 saturated carbocycles. The lowest BCUT2D eigenvalue weighted by atomic mass is 9.84. The maximum absolute atomic E-state index is 12.7. The number of nitrogens with two attached hydrogens (primary N) is 2. The molecule has 0 radical (unpaired) electrons. The van der Waals surface area contributed by atoms with E-state index in [9.17, 15) is 73.5 Å². The standard InChI is InChI=1S/2C18H18F3N5O4S/c2*19-18(20,21)31(29,30)13-4-1-11(2-5-13)24-17-14(16(23)28)9-26(25-17)15-6-3-12(27)7-10(15)8-22/h2*1-2,4-5,9-10,12,15,27H,3,6-7H2,(H2,23,28)(H,24,25)/t10-,12+,15+;10-,12-,15+/m11/s1. The van der Waals surface area contributed by atoms with Crippen LogP contribution in [0.4, 0.5) is 49.4 Å². The Morgan fingerprint density at radius 3 is 1.24 bits per heavy atom. The van der Waals surface area contributed by atoms with Crippen molar-refractivity contribution in [3.63, 3.8) is 0 Å². The third-order valence-electron chi connectivity index (χ3n) is 10.0. The molecule has 0 spiro atoms. The van der Waals surface area contributed by atoms with Crippen LogP contribution in [0.1, 0.15) is 71.3 Å². The number of anilines is 4. The molecule has 2 aromatic heterocycles. The van der Waals surface area contributed by atoms with Crippen molar-refractivity contribution < 1.29 is 63.0 Å². The number of alkyl halides is 6. The summed E-state index contributed by atoms with van der Waals surface area (Å²) in [4.78, 5) is 21.8. The van der Waals surface area contributed by atoms with Crippen LogP contribution in [-0.4, -0.2) is 81.6 Å². The molecule has 2 aromatic carbocycles. The zero-order chi connectivity index (χ0) is 45.9. The highest BCUT2D eigenvalue weighted by Crippen LogP contribution is 2.37. The van der Waals surface area contributed by atoms with Crippen molar-refractivity contribution in [1.82, 2.24) is 19.6 Å². The number of carbonyl (C=O) groups is 2. The van der Waals surface area contributed by atoms with Crippen LogP contribution in [0, 0.1) is 34.5 Å². The minimum Gasteiger partial charge on any atom is -0.393 e. The van der Waals surface area contributed by atoms with Gasteiger partial charge in [-0.3, -0.25) is 19.0 Å². The molecule has 62 heavy (non-hydrogen) atoms. The molecule has 2 amide bonds. The fraction of sp³-hybridized carbons (Fsp3) is 0.389. The summed E-state index contributed by atoms with van der Waals surface area (Å²) in [5.74, 6) is -2.72. The first-order valence-electron chi connectivity index (χ1n) is 18.2. The maximum Gasteiger partial charge on any atom is 0.501 e.